The molecule has 0 saturated carbocycles. The van der Waals surface area contributed by atoms with E-state index in [2.05, 4.69) is 31.4 Å². The summed E-state index contributed by atoms with van der Waals surface area (Å²) in [5.74, 6) is -0.785. The first-order valence-corrected chi connectivity index (χ1v) is 4.25. The molecular weight excluding hydrogens is 254 g/mol. The highest BCUT2D eigenvalue weighted by molar-refractivity contribution is 9.10. The Kier molecular flexibility index (Phi) is 3.41. The van der Waals surface area contributed by atoms with Gasteiger partial charge in [-0.05, 0) is 22.0 Å². The molecule has 1 rings (SSSR count). The van der Waals surface area contributed by atoms with Crippen LogP contribution in [0.25, 0.3) is 0 Å². The van der Waals surface area contributed by atoms with Crippen LogP contribution in [0.4, 0.5) is 5.82 Å². The van der Waals surface area contributed by atoms with E-state index in [1.54, 1.807) is 0 Å². The molecule has 1 aromatic rings. The highest BCUT2D eigenvalue weighted by Crippen LogP contribution is 2.18. The molecule has 0 spiro atoms. The Labute approximate surface area is 87.4 Å². The van der Waals surface area contributed by atoms with E-state index in [1.807, 2.05) is 0 Å². The number of oxime groups is 1. The molecule has 3 N–H and O–H groups in total. The molecule has 6 nitrogen and oxygen atoms in total. The monoisotopic (exact) mass is 259 g/mol. The van der Waals surface area contributed by atoms with Crippen LogP contribution in [0.3, 0.4) is 0 Å². The number of nitrogens with zero attached hydrogens (tertiary/aromatic N) is 2. The highest BCUT2D eigenvalue weighted by atomic mass is 79.9. The van der Waals surface area contributed by atoms with Gasteiger partial charge < -0.3 is 15.6 Å². The number of hydrogen-bond acceptors (Lipinski definition) is 4. The summed E-state index contributed by atoms with van der Waals surface area (Å²) in [6.45, 7) is 0. The van der Waals surface area contributed by atoms with E-state index in [4.69, 9.17) is 10.3 Å². The Bertz CT molecular complexity index is 380. The Morgan fingerprint density at radius 3 is 3.00 bits per heavy atom. The minimum atomic E-state index is -1.07. The maximum absolute atomic E-state index is 10.7. The molecule has 1 heterocycles. The SMILES string of the molecule is O=C(O)c1cc(N/C=N/O)ncc1Br. The second-order valence-electron chi connectivity index (χ2n) is 2.24. The number of carboxylic acid groups (broad SMARTS) is 1. The van der Waals surface area contributed by atoms with E-state index in [9.17, 15) is 4.79 Å². The van der Waals surface area contributed by atoms with Crippen molar-refractivity contribution in [2.45, 2.75) is 0 Å². The molecule has 0 bridgehead atoms. The first-order chi connectivity index (χ1) is 6.65. The van der Waals surface area contributed by atoms with E-state index in [1.165, 1.54) is 12.3 Å². The minimum Gasteiger partial charge on any atom is -0.478 e. The van der Waals surface area contributed by atoms with Crippen molar-refractivity contribution in [1.82, 2.24) is 4.98 Å². The van der Waals surface area contributed by atoms with E-state index in [0.29, 0.717) is 4.47 Å². The van der Waals surface area contributed by atoms with Gasteiger partial charge in [0, 0.05) is 6.20 Å². The Morgan fingerprint density at radius 2 is 2.43 bits per heavy atom. The van der Waals surface area contributed by atoms with Crippen molar-refractivity contribution in [2.24, 2.45) is 5.16 Å². The highest BCUT2D eigenvalue weighted by Gasteiger charge is 2.09. The van der Waals surface area contributed by atoms with Crippen LogP contribution < -0.4 is 5.32 Å². The molecule has 0 aliphatic carbocycles. The lowest BCUT2D eigenvalue weighted by molar-refractivity contribution is 0.0696. The quantitative estimate of drug-likeness (QED) is 0.330. The van der Waals surface area contributed by atoms with Crippen LogP contribution in [0.5, 0.6) is 0 Å². The van der Waals surface area contributed by atoms with Crippen molar-refractivity contribution in [3.8, 4) is 0 Å². The third-order valence-corrected chi connectivity index (χ3v) is 1.99. The van der Waals surface area contributed by atoms with E-state index < -0.39 is 5.97 Å². The van der Waals surface area contributed by atoms with Gasteiger partial charge >= 0.3 is 5.97 Å². The molecule has 0 unspecified atom stereocenters. The van der Waals surface area contributed by atoms with E-state index in [-0.39, 0.29) is 11.4 Å². The fraction of sp³-hybridized carbons (Fsp3) is 0. The van der Waals surface area contributed by atoms with Crippen molar-refractivity contribution < 1.29 is 15.1 Å². The smallest absolute Gasteiger partial charge is 0.337 e. The van der Waals surface area contributed by atoms with Crippen LogP contribution in [-0.2, 0) is 0 Å². The lowest BCUT2D eigenvalue weighted by Crippen LogP contribution is -2.03. The second kappa shape index (κ2) is 4.56. The molecule has 0 aliphatic heterocycles. The average Bonchev–Trinajstić information content (AvgIpc) is 2.16. The number of halogens is 1. The molecule has 74 valence electrons. The summed E-state index contributed by atoms with van der Waals surface area (Å²) in [6, 6.07) is 1.31. The van der Waals surface area contributed by atoms with Crippen molar-refractivity contribution in [3.63, 3.8) is 0 Å². The Hall–Kier alpha value is -1.63. The van der Waals surface area contributed by atoms with Crippen LogP contribution in [0, 0.1) is 0 Å². The number of aromatic nitrogens is 1. The molecule has 0 atom stereocenters. The lowest BCUT2D eigenvalue weighted by Gasteiger charge is -2.01. The van der Waals surface area contributed by atoms with Crippen LogP contribution in [0.2, 0.25) is 0 Å². The standard InChI is InChI=1S/C7H6BrN3O3/c8-5-2-9-6(10-3-11-14)1-4(5)7(12)13/h1-3,14H,(H,12,13)(H,9,10,11). The van der Waals surface area contributed by atoms with Crippen LogP contribution in [-0.4, -0.2) is 27.6 Å². The first kappa shape index (κ1) is 10.5. The zero-order valence-electron chi connectivity index (χ0n) is 6.81. The fourth-order valence-electron chi connectivity index (χ4n) is 0.777. The van der Waals surface area contributed by atoms with Gasteiger partial charge in [0.05, 0.1) is 10.0 Å². The average molecular weight is 260 g/mol. The maximum atomic E-state index is 10.7. The van der Waals surface area contributed by atoms with Crippen molar-refractivity contribution in [2.75, 3.05) is 5.32 Å². The van der Waals surface area contributed by atoms with Gasteiger partial charge in [0.15, 0.2) is 0 Å². The van der Waals surface area contributed by atoms with Gasteiger partial charge in [-0.15, -0.1) is 0 Å². The topological polar surface area (TPSA) is 94.8 Å². The van der Waals surface area contributed by atoms with Gasteiger partial charge in [0.25, 0.3) is 0 Å². The molecule has 0 saturated heterocycles. The van der Waals surface area contributed by atoms with Crippen LogP contribution in [0.1, 0.15) is 10.4 Å². The molecule has 0 radical (unpaired) electrons. The van der Waals surface area contributed by atoms with Gasteiger partial charge in [0.1, 0.15) is 12.2 Å². The molecular formula is C7H6BrN3O3. The molecule has 0 aromatic carbocycles. The number of hydrogen-bond donors (Lipinski definition) is 3. The Balaban J connectivity index is 3.00. The van der Waals surface area contributed by atoms with Crippen LogP contribution in [0.15, 0.2) is 21.9 Å². The molecule has 14 heavy (non-hydrogen) atoms. The summed E-state index contributed by atoms with van der Waals surface area (Å²) in [7, 11) is 0. The number of carbonyl (C=O) groups is 1. The van der Waals surface area contributed by atoms with Crippen molar-refractivity contribution in [3.05, 3.63) is 22.3 Å². The summed E-state index contributed by atoms with van der Waals surface area (Å²) in [5.41, 5.74) is 0.0776. The zero-order valence-corrected chi connectivity index (χ0v) is 8.39. The van der Waals surface area contributed by atoms with Gasteiger partial charge in [-0.1, -0.05) is 5.16 Å². The molecule has 0 fully saturated rings. The minimum absolute atomic E-state index is 0.0776. The molecule has 7 heteroatoms. The number of anilines is 1. The molecule has 1 aromatic heterocycles. The summed E-state index contributed by atoms with van der Waals surface area (Å²) < 4.78 is 0.386. The normalized spacial score (nSPS) is 10.4. The molecule has 0 aliphatic rings. The predicted molar refractivity (Wildman–Crippen MR) is 52.8 cm³/mol. The first-order valence-electron chi connectivity index (χ1n) is 3.46. The van der Waals surface area contributed by atoms with Crippen molar-refractivity contribution >= 4 is 34.1 Å². The van der Waals surface area contributed by atoms with Gasteiger partial charge in [-0.2, -0.15) is 0 Å². The zero-order chi connectivity index (χ0) is 10.6. The Morgan fingerprint density at radius 1 is 1.71 bits per heavy atom. The fourth-order valence-corrected chi connectivity index (χ4v) is 1.16. The van der Waals surface area contributed by atoms with Crippen molar-refractivity contribution in [1.29, 1.82) is 0 Å². The van der Waals surface area contributed by atoms with E-state index >= 15 is 0 Å². The second-order valence-corrected chi connectivity index (χ2v) is 3.10. The summed E-state index contributed by atoms with van der Waals surface area (Å²) in [4.78, 5) is 14.5. The van der Waals surface area contributed by atoms with Gasteiger partial charge in [-0.3, -0.25) is 0 Å². The third kappa shape index (κ3) is 2.43. The lowest BCUT2D eigenvalue weighted by atomic mass is 10.2. The number of nitrogens with one attached hydrogen (secondary N) is 1. The largest absolute Gasteiger partial charge is 0.478 e. The number of carboxylic acids is 1. The van der Waals surface area contributed by atoms with Gasteiger partial charge in [-0.25, -0.2) is 9.78 Å². The third-order valence-electron chi connectivity index (χ3n) is 1.36. The number of rotatable bonds is 3. The summed E-state index contributed by atoms with van der Waals surface area (Å²) in [6.07, 6.45) is 2.33. The van der Waals surface area contributed by atoms with Crippen LogP contribution >= 0.6 is 15.9 Å². The molecule has 0 amide bonds. The number of aromatic carboxylic acids is 1. The predicted octanol–water partition coefficient (Wildman–Crippen LogP) is 1.37. The summed E-state index contributed by atoms with van der Waals surface area (Å²) >= 11 is 3.05. The summed E-state index contributed by atoms with van der Waals surface area (Å²) in [5, 5.41) is 22.0. The number of pyridine rings is 1. The van der Waals surface area contributed by atoms with E-state index in [0.717, 1.165) is 6.34 Å². The van der Waals surface area contributed by atoms with Gasteiger partial charge in [0.2, 0.25) is 0 Å². The maximum Gasteiger partial charge on any atom is 0.337 e.